The van der Waals surface area contributed by atoms with E-state index in [0.29, 0.717) is 16.6 Å². The third-order valence-electron chi connectivity index (χ3n) is 3.89. The molecule has 0 amide bonds. The summed E-state index contributed by atoms with van der Waals surface area (Å²) in [6.07, 6.45) is -0.856. The van der Waals surface area contributed by atoms with Crippen LogP contribution in [-0.2, 0) is 13.6 Å². The SMILES string of the molecule is CC(C)Sc1nc2c(c(=O)[nH]c(=O)n2C)n1C[C@@H](O)COc1ccccc1. The van der Waals surface area contributed by atoms with Crippen molar-refractivity contribution in [1.82, 2.24) is 19.1 Å². The first-order valence-electron chi connectivity index (χ1n) is 8.59. The Labute approximate surface area is 159 Å². The minimum atomic E-state index is -0.856. The number of thioether (sulfide) groups is 1. The maximum absolute atomic E-state index is 12.4. The predicted octanol–water partition coefficient (Wildman–Crippen LogP) is 1.36. The van der Waals surface area contributed by atoms with Gasteiger partial charge in [0.1, 0.15) is 18.5 Å². The Bertz CT molecular complexity index is 1040. The molecule has 1 aromatic carbocycles. The van der Waals surface area contributed by atoms with Gasteiger partial charge in [-0.3, -0.25) is 14.3 Å². The zero-order valence-electron chi connectivity index (χ0n) is 15.4. The lowest BCUT2D eigenvalue weighted by atomic mass is 10.3. The van der Waals surface area contributed by atoms with E-state index in [4.69, 9.17) is 4.74 Å². The van der Waals surface area contributed by atoms with Gasteiger partial charge in [-0.25, -0.2) is 9.78 Å². The fraction of sp³-hybridized carbons (Fsp3) is 0.389. The molecule has 1 atom stereocenters. The molecule has 0 unspecified atom stereocenters. The fourth-order valence-electron chi connectivity index (χ4n) is 2.66. The molecule has 0 saturated heterocycles. The van der Waals surface area contributed by atoms with Gasteiger partial charge in [0.15, 0.2) is 16.3 Å². The van der Waals surface area contributed by atoms with Crippen LogP contribution >= 0.6 is 11.8 Å². The second kappa shape index (κ2) is 8.01. The molecule has 8 nitrogen and oxygen atoms in total. The van der Waals surface area contributed by atoms with Crippen molar-refractivity contribution in [2.75, 3.05) is 6.61 Å². The van der Waals surface area contributed by atoms with E-state index in [0.717, 1.165) is 0 Å². The van der Waals surface area contributed by atoms with Crippen molar-refractivity contribution in [3.63, 3.8) is 0 Å². The number of hydrogen-bond acceptors (Lipinski definition) is 6. The lowest BCUT2D eigenvalue weighted by Crippen LogP contribution is -2.30. The van der Waals surface area contributed by atoms with Gasteiger partial charge in [0.05, 0.1) is 6.54 Å². The lowest BCUT2D eigenvalue weighted by Gasteiger charge is -2.15. The highest BCUT2D eigenvalue weighted by Crippen LogP contribution is 2.25. The van der Waals surface area contributed by atoms with E-state index in [2.05, 4.69) is 9.97 Å². The molecule has 0 aliphatic heterocycles. The molecule has 0 fully saturated rings. The molecule has 27 heavy (non-hydrogen) atoms. The number of aliphatic hydroxyl groups excluding tert-OH is 1. The van der Waals surface area contributed by atoms with Crippen molar-refractivity contribution < 1.29 is 9.84 Å². The third-order valence-corrected chi connectivity index (χ3v) is 4.89. The van der Waals surface area contributed by atoms with E-state index in [1.54, 1.807) is 23.7 Å². The molecule has 144 valence electrons. The summed E-state index contributed by atoms with van der Waals surface area (Å²) < 4.78 is 8.54. The summed E-state index contributed by atoms with van der Waals surface area (Å²) in [6, 6.07) is 9.19. The Morgan fingerprint density at radius 3 is 2.63 bits per heavy atom. The van der Waals surface area contributed by atoms with Crippen molar-refractivity contribution >= 4 is 22.9 Å². The summed E-state index contributed by atoms with van der Waals surface area (Å²) in [6.45, 7) is 4.21. The highest BCUT2D eigenvalue weighted by molar-refractivity contribution is 7.99. The highest BCUT2D eigenvalue weighted by Gasteiger charge is 2.20. The van der Waals surface area contributed by atoms with Crippen LogP contribution in [0.5, 0.6) is 5.75 Å². The quantitative estimate of drug-likeness (QED) is 0.591. The van der Waals surface area contributed by atoms with Crippen LogP contribution in [0.2, 0.25) is 0 Å². The van der Waals surface area contributed by atoms with E-state index < -0.39 is 17.4 Å². The van der Waals surface area contributed by atoms with Crippen LogP contribution < -0.4 is 16.0 Å². The van der Waals surface area contributed by atoms with Gasteiger partial charge in [-0.15, -0.1) is 0 Å². The van der Waals surface area contributed by atoms with E-state index in [-0.39, 0.29) is 23.9 Å². The molecule has 9 heteroatoms. The number of aryl methyl sites for hydroxylation is 1. The van der Waals surface area contributed by atoms with E-state index in [9.17, 15) is 14.7 Å². The van der Waals surface area contributed by atoms with Crippen molar-refractivity contribution in [1.29, 1.82) is 0 Å². The normalized spacial score (nSPS) is 12.6. The molecule has 2 N–H and O–H groups in total. The van der Waals surface area contributed by atoms with Crippen LogP contribution in [0.1, 0.15) is 13.8 Å². The molecule has 3 aromatic rings. The molecular formula is C18H22N4O4S. The number of rotatable bonds is 7. The van der Waals surface area contributed by atoms with Crippen LogP contribution in [0.4, 0.5) is 0 Å². The minimum absolute atomic E-state index is 0.0686. The van der Waals surface area contributed by atoms with Gasteiger partial charge < -0.3 is 14.4 Å². The monoisotopic (exact) mass is 390 g/mol. The van der Waals surface area contributed by atoms with Crippen LogP contribution in [0.15, 0.2) is 45.1 Å². The maximum Gasteiger partial charge on any atom is 0.329 e. The maximum atomic E-state index is 12.4. The van der Waals surface area contributed by atoms with Crippen LogP contribution in [-0.4, -0.2) is 42.2 Å². The average molecular weight is 390 g/mol. The molecule has 2 aromatic heterocycles. The number of nitrogens with zero attached hydrogens (tertiary/aromatic N) is 3. The Morgan fingerprint density at radius 2 is 1.96 bits per heavy atom. The average Bonchev–Trinajstić information content (AvgIpc) is 2.97. The fourth-order valence-corrected chi connectivity index (χ4v) is 3.51. The molecule has 0 saturated carbocycles. The summed E-state index contributed by atoms with van der Waals surface area (Å²) >= 11 is 1.46. The zero-order valence-corrected chi connectivity index (χ0v) is 16.2. The molecule has 0 aliphatic carbocycles. The van der Waals surface area contributed by atoms with Gasteiger partial charge in [0.2, 0.25) is 0 Å². The second-order valence-corrected chi connectivity index (χ2v) is 7.98. The predicted molar refractivity (Wildman–Crippen MR) is 105 cm³/mol. The largest absolute Gasteiger partial charge is 0.491 e. The summed E-state index contributed by atoms with van der Waals surface area (Å²) in [5.41, 5.74) is -0.485. The number of para-hydroxylation sites is 1. The number of aromatic amines is 1. The molecule has 0 spiro atoms. The Hall–Kier alpha value is -2.52. The minimum Gasteiger partial charge on any atom is -0.491 e. The topological polar surface area (TPSA) is 102 Å². The summed E-state index contributed by atoms with van der Waals surface area (Å²) in [4.78, 5) is 31.0. The number of aromatic nitrogens is 4. The first-order valence-corrected chi connectivity index (χ1v) is 9.47. The number of imidazole rings is 1. The van der Waals surface area contributed by atoms with Crippen LogP contribution in [0.25, 0.3) is 11.2 Å². The number of benzene rings is 1. The summed E-state index contributed by atoms with van der Waals surface area (Å²) in [7, 11) is 1.55. The molecule has 0 bridgehead atoms. The lowest BCUT2D eigenvalue weighted by molar-refractivity contribution is 0.0914. The van der Waals surface area contributed by atoms with Crippen molar-refractivity contribution in [3.8, 4) is 5.75 Å². The van der Waals surface area contributed by atoms with Gasteiger partial charge in [0.25, 0.3) is 5.56 Å². The Morgan fingerprint density at radius 1 is 1.26 bits per heavy atom. The number of fused-ring (bicyclic) bond motifs is 1. The molecule has 0 aliphatic rings. The number of H-pyrrole nitrogens is 1. The van der Waals surface area contributed by atoms with Crippen molar-refractivity contribution in [2.24, 2.45) is 7.05 Å². The molecule has 3 rings (SSSR count). The van der Waals surface area contributed by atoms with Crippen molar-refractivity contribution in [3.05, 3.63) is 51.2 Å². The summed E-state index contributed by atoms with van der Waals surface area (Å²) in [5.74, 6) is 0.657. The van der Waals surface area contributed by atoms with E-state index in [1.807, 2.05) is 32.0 Å². The molecular weight excluding hydrogens is 368 g/mol. The van der Waals surface area contributed by atoms with Gasteiger partial charge in [0, 0.05) is 12.3 Å². The molecule has 2 heterocycles. The van der Waals surface area contributed by atoms with Crippen LogP contribution in [0.3, 0.4) is 0 Å². The second-order valence-electron chi connectivity index (χ2n) is 6.44. The van der Waals surface area contributed by atoms with Crippen LogP contribution in [0, 0.1) is 0 Å². The third kappa shape index (κ3) is 4.25. The number of nitrogens with one attached hydrogen (secondary N) is 1. The number of hydrogen-bond donors (Lipinski definition) is 2. The molecule has 0 radical (unpaired) electrons. The standard InChI is InChI=1S/C18H22N4O4S/c1-11(2)27-18-19-15-14(16(24)20-17(25)21(15)3)22(18)9-12(23)10-26-13-7-5-4-6-8-13/h4-8,11-12,23H,9-10H2,1-3H3,(H,20,24,25)/t12-/m1/s1. The van der Waals surface area contributed by atoms with Gasteiger partial charge in [-0.05, 0) is 12.1 Å². The van der Waals surface area contributed by atoms with Gasteiger partial charge >= 0.3 is 5.69 Å². The first-order chi connectivity index (χ1) is 12.9. The van der Waals surface area contributed by atoms with Crippen molar-refractivity contribution in [2.45, 2.75) is 36.9 Å². The Balaban J connectivity index is 1.92. The first kappa shape index (κ1) is 19.2. The zero-order chi connectivity index (χ0) is 19.6. The van der Waals surface area contributed by atoms with Gasteiger partial charge in [-0.1, -0.05) is 43.8 Å². The number of aliphatic hydroxyl groups is 1. The highest BCUT2D eigenvalue weighted by atomic mass is 32.2. The van der Waals surface area contributed by atoms with E-state index in [1.165, 1.54) is 16.3 Å². The van der Waals surface area contributed by atoms with Gasteiger partial charge in [-0.2, -0.15) is 0 Å². The summed E-state index contributed by atoms with van der Waals surface area (Å²) in [5, 5.41) is 11.2. The smallest absolute Gasteiger partial charge is 0.329 e. The Kier molecular flexibility index (Phi) is 5.71. The number of ether oxygens (including phenoxy) is 1. The van der Waals surface area contributed by atoms with E-state index >= 15 is 0 Å².